The van der Waals surface area contributed by atoms with Crippen LogP contribution < -0.4 is 4.74 Å². The summed E-state index contributed by atoms with van der Waals surface area (Å²) in [6.07, 6.45) is -0.212. The lowest BCUT2D eigenvalue weighted by Gasteiger charge is -2.11. The maximum atomic E-state index is 14.6. The average Bonchev–Trinajstić information content (AvgIpc) is 2.66. The number of halogens is 4. The van der Waals surface area contributed by atoms with Gasteiger partial charge in [-0.05, 0) is 59.0 Å². The highest BCUT2D eigenvalue weighted by Crippen LogP contribution is 2.30. The Balaban J connectivity index is 1.80. The zero-order valence-corrected chi connectivity index (χ0v) is 15.7. The summed E-state index contributed by atoms with van der Waals surface area (Å²) in [7, 11) is 0. The highest BCUT2D eigenvalue weighted by Gasteiger charge is 2.28. The summed E-state index contributed by atoms with van der Waals surface area (Å²) in [5.41, 5.74) is 2.23. The summed E-state index contributed by atoms with van der Waals surface area (Å²) in [5, 5.41) is 1.54. The van der Waals surface area contributed by atoms with E-state index in [0.717, 1.165) is 47.6 Å². The monoisotopic (exact) mass is 390 g/mol. The molecule has 0 N–H and O–H groups in total. The van der Waals surface area contributed by atoms with Gasteiger partial charge in [-0.25, -0.2) is 4.39 Å². The third-order valence-corrected chi connectivity index (χ3v) is 4.63. The molecule has 3 aromatic carbocycles. The summed E-state index contributed by atoms with van der Waals surface area (Å²) in [4.78, 5) is 0. The second-order valence-electron chi connectivity index (χ2n) is 6.90. The summed E-state index contributed by atoms with van der Waals surface area (Å²) in [6.45, 7) is 0.807. The van der Waals surface area contributed by atoms with Crippen molar-refractivity contribution in [2.24, 2.45) is 0 Å². The van der Waals surface area contributed by atoms with Gasteiger partial charge in [-0.1, -0.05) is 50.1 Å². The first-order valence-corrected chi connectivity index (χ1v) is 9.38. The van der Waals surface area contributed by atoms with Gasteiger partial charge in [0.1, 0.15) is 11.6 Å². The van der Waals surface area contributed by atoms with Crippen molar-refractivity contribution < 1.29 is 22.3 Å². The van der Waals surface area contributed by atoms with Crippen LogP contribution in [0.3, 0.4) is 0 Å². The molecule has 0 unspecified atom stereocenters. The molecule has 0 aliphatic carbocycles. The largest absolute Gasteiger partial charge is 0.484 e. The van der Waals surface area contributed by atoms with Gasteiger partial charge in [-0.2, -0.15) is 13.2 Å². The number of aryl methyl sites for hydroxylation is 1. The maximum Gasteiger partial charge on any atom is 0.422 e. The Labute approximate surface area is 162 Å². The lowest BCUT2D eigenvalue weighted by molar-refractivity contribution is -0.153. The first-order chi connectivity index (χ1) is 13.4. The summed E-state index contributed by atoms with van der Waals surface area (Å²) >= 11 is 0. The van der Waals surface area contributed by atoms with E-state index in [1.165, 1.54) is 6.07 Å². The molecule has 28 heavy (non-hydrogen) atoms. The fraction of sp³-hybridized carbons (Fsp3) is 0.304. The molecule has 0 saturated carbocycles. The van der Waals surface area contributed by atoms with Crippen LogP contribution in [0.15, 0.2) is 54.6 Å². The molecular formula is C23H22F4O. The lowest BCUT2D eigenvalue weighted by Crippen LogP contribution is -2.19. The van der Waals surface area contributed by atoms with E-state index >= 15 is 0 Å². The molecule has 3 aromatic rings. The normalized spacial score (nSPS) is 11.8. The van der Waals surface area contributed by atoms with E-state index in [1.807, 2.05) is 12.1 Å². The Kier molecular flexibility index (Phi) is 6.22. The SMILES string of the molecule is CCCCCc1ccc(-c2ccc3cc(OCC(F)(F)F)ccc3c2)c(F)c1. The standard InChI is InChI=1S/C23H22F4O/c1-2-3-4-5-16-6-11-21(22(24)12-16)19-8-7-18-14-20(10-9-17(18)13-19)28-15-23(25,26)27/h6-14H,2-5,15H2,1H3. The number of alkyl halides is 3. The van der Waals surface area contributed by atoms with E-state index in [0.29, 0.717) is 5.56 Å². The topological polar surface area (TPSA) is 9.23 Å². The number of fused-ring (bicyclic) bond motifs is 1. The fourth-order valence-electron chi connectivity index (χ4n) is 3.17. The molecule has 5 heteroatoms. The molecule has 0 saturated heterocycles. The van der Waals surface area contributed by atoms with E-state index in [4.69, 9.17) is 4.74 Å². The van der Waals surface area contributed by atoms with E-state index in [1.54, 1.807) is 36.4 Å². The highest BCUT2D eigenvalue weighted by atomic mass is 19.4. The van der Waals surface area contributed by atoms with Gasteiger partial charge >= 0.3 is 6.18 Å². The van der Waals surface area contributed by atoms with Crippen LogP contribution in [0.1, 0.15) is 31.7 Å². The number of ether oxygens (including phenoxy) is 1. The van der Waals surface area contributed by atoms with Gasteiger partial charge in [-0.3, -0.25) is 0 Å². The van der Waals surface area contributed by atoms with Crippen LogP contribution in [0.5, 0.6) is 5.75 Å². The third-order valence-electron chi connectivity index (χ3n) is 4.63. The molecule has 3 rings (SSSR count). The molecule has 0 heterocycles. The second kappa shape index (κ2) is 8.63. The van der Waals surface area contributed by atoms with Crippen molar-refractivity contribution in [3.63, 3.8) is 0 Å². The Morgan fingerprint density at radius 2 is 1.61 bits per heavy atom. The van der Waals surface area contributed by atoms with Crippen molar-refractivity contribution in [1.82, 2.24) is 0 Å². The molecule has 0 aliphatic heterocycles. The molecule has 0 amide bonds. The van der Waals surface area contributed by atoms with Gasteiger partial charge in [0.25, 0.3) is 0 Å². The quantitative estimate of drug-likeness (QED) is 0.303. The third kappa shape index (κ3) is 5.24. The Morgan fingerprint density at radius 1 is 0.857 bits per heavy atom. The van der Waals surface area contributed by atoms with Gasteiger partial charge in [0.05, 0.1) is 0 Å². The number of benzene rings is 3. The molecule has 0 aliphatic rings. The van der Waals surface area contributed by atoms with Crippen molar-refractivity contribution >= 4 is 10.8 Å². The van der Waals surface area contributed by atoms with Crippen LogP contribution in [0.25, 0.3) is 21.9 Å². The van der Waals surface area contributed by atoms with Gasteiger partial charge in [0, 0.05) is 5.56 Å². The van der Waals surface area contributed by atoms with Gasteiger partial charge in [0.2, 0.25) is 0 Å². The maximum absolute atomic E-state index is 14.6. The highest BCUT2D eigenvalue weighted by molar-refractivity contribution is 5.88. The van der Waals surface area contributed by atoms with E-state index in [-0.39, 0.29) is 11.6 Å². The van der Waals surface area contributed by atoms with Crippen LogP contribution in [0, 0.1) is 5.82 Å². The van der Waals surface area contributed by atoms with E-state index in [9.17, 15) is 17.6 Å². The first-order valence-electron chi connectivity index (χ1n) is 9.38. The minimum Gasteiger partial charge on any atom is -0.484 e. The molecule has 0 aromatic heterocycles. The molecule has 0 fully saturated rings. The second-order valence-corrected chi connectivity index (χ2v) is 6.90. The van der Waals surface area contributed by atoms with Crippen LogP contribution in [0.4, 0.5) is 17.6 Å². The Hall–Kier alpha value is -2.56. The average molecular weight is 390 g/mol. The summed E-state index contributed by atoms with van der Waals surface area (Å²) in [5.74, 6) is -0.112. The number of hydrogen-bond donors (Lipinski definition) is 0. The minimum atomic E-state index is -4.38. The predicted molar refractivity (Wildman–Crippen MR) is 104 cm³/mol. The molecule has 1 nitrogen and oxygen atoms in total. The van der Waals surface area contributed by atoms with Crippen LogP contribution >= 0.6 is 0 Å². The first kappa shape index (κ1) is 20.2. The van der Waals surface area contributed by atoms with Gasteiger partial charge < -0.3 is 4.74 Å². The smallest absolute Gasteiger partial charge is 0.422 e. The van der Waals surface area contributed by atoms with Crippen molar-refractivity contribution in [2.45, 2.75) is 38.8 Å². The van der Waals surface area contributed by atoms with Crippen molar-refractivity contribution in [2.75, 3.05) is 6.61 Å². The lowest BCUT2D eigenvalue weighted by atomic mass is 9.98. The molecule has 0 atom stereocenters. The van der Waals surface area contributed by atoms with Crippen molar-refractivity contribution in [3.05, 3.63) is 66.0 Å². The summed E-state index contributed by atoms with van der Waals surface area (Å²) < 4.78 is 56.2. The molecule has 0 spiro atoms. The van der Waals surface area contributed by atoms with Crippen molar-refractivity contribution in [1.29, 1.82) is 0 Å². The van der Waals surface area contributed by atoms with Crippen LogP contribution in [-0.4, -0.2) is 12.8 Å². The number of hydrogen-bond acceptors (Lipinski definition) is 1. The predicted octanol–water partition coefficient (Wildman–Crippen LogP) is 7.32. The Morgan fingerprint density at radius 3 is 2.32 bits per heavy atom. The van der Waals surface area contributed by atoms with Crippen LogP contribution in [0.2, 0.25) is 0 Å². The zero-order valence-electron chi connectivity index (χ0n) is 15.7. The van der Waals surface area contributed by atoms with Gasteiger partial charge in [0.15, 0.2) is 6.61 Å². The molecule has 0 radical (unpaired) electrons. The number of unbranched alkanes of at least 4 members (excludes halogenated alkanes) is 2. The van der Waals surface area contributed by atoms with Crippen molar-refractivity contribution in [3.8, 4) is 16.9 Å². The van der Waals surface area contributed by atoms with E-state index < -0.39 is 12.8 Å². The Bertz CT molecular complexity index is 947. The summed E-state index contributed by atoms with van der Waals surface area (Å²) in [6, 6.07) is 15.4. The van der Waals surface area contributed by atoms with E-state index in [2.05, 4.69) is 6.92 Å². The minimum absolute atomic E-state index is 0.153. The fourth-order valence-corrected chi connectivity index (χ4v) is 3.17. The van der Waals surface area contributed by atoms with Gasteiger partial charge in [-0.15, -0.1) is 0 Å². The van der Waals surface area contributed by atoms with Crippen LogP contribution in [-0.2, 0) is 6.42 Å². The zero-order chi connectivity index (χ0) is 20.1. The number of rotatable bonds is 7. The molecule has 148 valence electrons. The molecular weight excluding hydrogens is 368 g/mol. The molecule has 0 bridgehead atoms.